The van der Waals surface area contributed by atoms with Crippen molar-refractivity contribution in [3.63, 3.8) is 0 Å². The summed E-state index contributed by atoms with van der Waals surface area (Å²) in [7, 11) is 1.60. The summed E-state index contributed by atoms with van der Waals surface area (Å²) in [5, 5.41) is 0.330. The zero-order valence-corrected chi connectivity index (χ0v) is 20.0. The van der Waals surface area contributed by atoms with Crippen LogP contribution in [0, 0.1) is 11.8 Å². The fourth-order valence-electron chi connectivity index (χ4n) is 5.63. The van der Waals surface area contributed by atoms with E-state index in [-0.39, 0.29) is 11.3 Å². The molecule has 6 rings (SSSR count). The molecule has 1 aliphatic carbocycles. The summed E-state index contributed by atoms with van der Waals surface area (Å²) in [5.41, 5.74) is 3.76. The number of carbonyl (C=O) groups is 1. The lowest BCUT2D eigenvalue weighted by Crippen LogP contribution is -2.40. The fourth-order valence-corrected chi connectivity index (χ4v) is 5.63. The average molecular weight is 467 g/mol. The van der Waals surface area contributed by atoms with Crippen molar-refractivity contribution in [2.75, 3.05) is 25.1 Å². The van der Waals surface area contributed by atoms with Crippen LogP contribution in [0.2, 0.25) is 0 Å². The van der Waals surface area contributed by atoms with Crippen LogP contribution in [0.15, 0.2) is 53.3 Å². The van der Waals surface area contributed by atoms with Gasteiger partial charge in [0.05, 0.1) is 23.8 Å². The Hall–Kier alpha value is -4.00. The van der Waals surface area contributed by atoms with Crippen LogP contribution in [0.3, 0.4) is 0 Å². The SMILES string of the molecule is COc1ccc(-c2c3c(nc4nc(N5C[C@@H](C)C[C@H](C)C5)[nH]c(=O)c24)-c2ccccc2C3=O)cc1. The predicted octanol–water partition coefficient (Wildman–Crippen LogP) is 4.69. The summed E-state index contributed by atoms with van der Waals surface area (Å²) in [5.74, 6) is 2.12. The van der Waals surface area contributed by atoms with E-state index in [2.05, 4.69) is 23.7 Å². The lowest BCUT2D eigenvalue weighted by molar-refractivity contribution is 0.104. The first-order chi connectivity index (χ1) is 16.9. The smallest absolute Gasteiger partial charge is 0.262 e. The second-order valence-corrected chi connectivity index (χ2v) is 9.75. The molecule has 2 aromatic heterocycles. The standard InChI is InChI=1S/C28H26N4O3/c1-15-12-16(2)14-32(13-15)28-30-26-23(27(34)31-28)21(17-8-10-18(35-3)11-9-17)22-24(29-26)19-6-4-5-7-20(19)25(22)33/h4-11,15-16H,12-14H2,1-3H3,(H,29,30,31,34)/t15-,16-/m0/s1. The molecule has 0 unspecified atom stereocenters. The van der Waals surface area contributed by atoms with E-state index in [4.69, 9.17) is 14.7 Å². The number of benzene rings is 2. The molecule has 1 aliphatic heterocycles. The number of rotatable bonds is 3. The van der Waals surface area contributed by atoms with Gasteiger partial charge < -0.3 is 9.64 Å². The highest BCUT2D eigenvalue weighted by Gasteiger charge is 2.34. The van der Waals surface area contributed by atoms with Crippen LogP contribution in [-0.4, -0.2) is 40.9 Å². The van der Waals surface area contributed by atoms with Gasteiger partial charge in [0.1, 0.15) is 5.75 Å². The first kappa shape index (κ1) is 21.5. The molecule has 4 aromatic rings. The van der Waals surface area contributed by atoms with E-state index in [0.717, 1.165) is 30.6 Å². The van der Waals surface area contributed by atoms with Gasteiger partial charge in [-0.2, -0.15) is 4.98 Å². The highest BCUT2D eigenvalue weighted by molar-refractivity contribution is 6.26. The molecule has 0 bridgehead atoms. The molecule has 2 aliphatic rings. The highest BCUT2D eigenvalue weighted by Crippen LogP contribution is 2.43. The number of hydrogen-bond acceptors (Lipinski definition) is 6. The van der Waals surface area contributed by atoms with Crippen molar-refractivity contribution < 1.29 is 9.53 Å². The Kier molecular flexibility index (Phi) is 4.95. The second kappa shape index (κ2) is 8.05. The molecule has 1 N–H and O–H groups in total. The minimum absolute atomic E-state index is 0.127. The van der Waals surface area contributed by atoms with Crippen molar-refractivity contribution >= 4 is 22.8 Å². The van der Waals surface area contributed by atoms with E-state index in [0.29, 0.717) is 57.0 Å². The summed E-state index contributed by atoms with van der Waals surface area (Å²) in [6.07, 6.45) is 1.15. The number of anilines is 1. The minimum atomic E-state index is -0.291. The molecule has 0 spiro atoms. The molecule has 1 saturated heterocycles. The van der Waals surface area contributed by atoms with E-state index >= 15 is 0 Å². The predicted molar refractivity (Wildman–Crippen MR) is 136 cm³/mol. The fraction of sp³-hybridized carbons (Fsp3) is 0.286. The quantitative estimate of drug-likeness (QED) is 0.415. The Bertz CT molecular complexity index is 1530. The van der Waals surface area contributed by atoms with Gasteiger partial charge in [-0.1, -0.05) is 50.2 Å². The maximum atomic E-state index is 13.6. The molecule has 176 valence electrons. The third-order valence-electron chi connectivity index (χ3n) is 7.04. The normalized spacial score (nSPS) is 19.1. The lowest BCUT2D eigenvalue weighted by atomic mass is 9.92. The summed E-state index contributed by atoms with van der Waals surface area (Å²) in [6, 6.07) is 14.8. The van der Waals surface area contributed by atoms with Crippen LogP contribution in [0.4, 0.5) is 5.95 Å². The van der Waals surface area contributed by atoms with E-state index < -0.39 is 0 Å². The molecule has 7 heteroatoms. The summed E-state index contributed by atoms with van der Waals surface area (Å²) in [4.78, 5) is 42.0. The van der Waals surface area contributed by atoms with Crippen LogP contribution < -0.4 is 15.2 Å². The molecule has 2 aromatic carbocycles. The lowest BCUT2D eigenvalue weighted by Gasteiger charge is -2.35. The Morgan fingerprint density at radius 3 is 2.29 bits per heavy atom. The number of ether oxygens (including phenoxy) is 1. The van der Waals surface area contributed by atoms with Crippen LogP contribution in [0.1, 0.15) is 36.2 Å². The first-order valence-electron chi connectivity index (χ1n) is 12.0. The number of nitrogens with one attached hydrogen (secondary N) is 1. The van der Waals surface area contributed by atoms with Crippen LogP contribution in [-0.2, 0) is 0 Å². The van der Waals surface area contributed by atoms with Crippen molar-refractivity contribution in [3.05, 3.63) is 70.0 Å². The Morgan fingerprint density at radius 2 is 1.60 bits per heavy atom. The van der Waals surface area contributed by atoms with Gasteiger partial charge in [0.15, 0.2) is 11.4 Å². The summed E-state index contributed by atoms with van der Waals surface area (Å²) < 4.78 is 5.32. The van der Waals surface area contributed by atoms with Crippen LogP contribution in [0.5, 0.6) is 5.75 Å². The number of methoxy groups -OCH3 is 1. The maximum absolute atomic E-state index is 13.6. The minimum Gasteiger partial charge on any atom is -0.497 e. The largest absolute Gasteiger partial charge is 0.497 e. The second-order valence-electron chi connectivity index (χ2n) is 9.75. The van der Waals surface area contributed by atoms with Gasteiger partial charge in [-0.05, 0) is 36.0 Å². The van der Waals surface area contributed by atoms with Gasteiger partial charge in [-0.3, -0.25) is 14.6 Å². The average Bonchev–Trinajstić information content (AvgIpc) is 3.14. The number of piperidine rings is 1. The maximum Gasteiger partial charge on any atom is 0.262 e. The zero-order chi connectivity index (χ0) is 24.3. The van der Waals surface area contributed by atoms with Gasteiger partial charge in [-0.25, -0.2) is 4.98 Å². The number of aromatic nitrogens is 3. The van der Waals surface area contributed by atoms with E-state index in [1.165, 1.54) is 0 Å². The van der Waals surface area contributed by atoms with E-state index in [9.17, 15) is 9.59 Å². The molecule has 3 heterocycles. The van der Waals surface area contributed by atoms with Gasteiger partial charge in [0.25, 0.3) is 5.56 Å². The third kappa shape index (κ3) is 3.41. The molecular formula is C28H26N4O3. The van der Waals surface area contributed by atoms with Crippen LogP contribution in [0.25, 0.3) is 33.4 Å². The number of pyridine rings is 1. The number of fused-ring (bicyclic) bond motifs is 4. The zero-order valence-electron chi connectivity index (χ0n) is 20.0. The number of hydrogen-bond donors (Lipinski definition) is 1. The molecule has 0 amide bonds. The first-order valence-corrected chi connectivity index (χ1v) is 12.0. The van der Waals surface area contributed by atoms with Crippen molar-refractivity contribution in [3.8, 4) is 28.1 Å². The van der Waals surface area contributed by atoms with Gasteiger partial charge in [0, 0.05) is 29.8 Å². The van der Waals surface area contributed by atoms with Crippen molar-refractivity contribution in [2.45, 2.75) is 20.3 Å². The molecule has 0 saturated carbocycles. The summed E-state index contributed by atoms with van der Waals surface area (Å²) >= 11 is 0. The topological polar surface area (TPSA) is 88.2 Å². The summed E-state index contributed by atoms with van der Waals surface area (Å²) in [6.45, 7) is 6.10. The number of H-pyrrole nitrogens is 1. The van der Waals surface area contributed by atoms with Crippen molar-refractivity contribution in [1.82, 2.24) is 15.0 Å². The number of carbonyl (C=O) groups excluding carboxylic acids is 1. The Balaban J connectivity index is 1.64. The monoisotopic (exact) mass is 466 g/mol. The molecule has 1 fully saturated rings. The Morgan fingerprint density at radius 1 is 0.914 bits per heavy atom. The Labute approximate surface area is 202 Å². The van der Waals surface area contributed by atoms with Gasteiger partial charge in [0.2, 0.25) is 5.95 Å². The third-order valence-corrected chi connectivity index (χ3v) is 7.04. The van der Waals surface area contributed by atoms with Gasteiger partial charge in [-0.15, -0.1) is 0 Å². The number of ketones is 1. The van der Waals surface area contributed by atoms with Gasteiger partial charge >= 0.3 is 0 Å². The molecule has 7 nitrogen and oxygen atoms in total. The highest BCUT2D eigenvalue weighted by atomic mass is 16.5. The van der Waals surface area contributed by atoms with Crippen molar-refractivity contribution in [2.24, 2.45) is 11.8 Å². The van der Waals surface area contributed by atoms with Crippen LogP contribution >= 0.6 is 0 Å². The van der Waals surface area contributed by atoms with E-state index in [1.807, 2.05) is 42.5 Å². The van der Waals surface area contributed by atoms with Crippen molar-refractivity contribution in [1.29, 1.82) is 0 Å². The molecule has 2 atom stereocenters. The molecular weight excluding hydrogens is 440 g/mol. The molecule has 35 heavy (non-hydrogen) atoms. The molecule has 0 radical (unpaired) electrons. The van der Waals surface area contributed by atoms with E-state index in [1.54, 1.807) is 13.2 Å². The number of aromatic amines is 1. The number of nitrogens with zero attached hydrogens (tertiary/aromatic N) is 3.